The molecule has 0 aliphatic rings. The van der Waals surface area contributed by atoms with Crippen molar-refractivity contribution in [1.29, 1.82) is 0 Å². The van der Waals surface area contributed by atoms with Crippen molar-refractivity contribution >= 4 is 5.78 Å². The molecule has 1 rings (SSSR count). The van der Waals surface area contributed by atoms with Crippen LogP contribution in [0.4, 0.5) is 22.0 Å². The molecule has 0 fully saturated rings. The first-order valence-corrected chi connectivity index (χ1v) is 5.01. The molecule has 0 radical (unpaired) electrons. The average molecular weight is 267 g/mol. The van der Waals surface area contributed by atoms with E-state index in [-0.39, 0.29) is 12.0 Å². The van der Waals surface area contributed by atoms with Crippen LogP contribution >= 0.6 is 0 Å². The van der Waals surface area contributed by atoms with Crippen molar-refractivity contribution in [2.75, 3.05) is 13.1 Å². The Balaban J connectivity index is 2.45. The Morgan fingerprint density at radius 2 is 1.89 bits per heavy atom. The highest BCUT2D eigenvalue weighted by atomic mass is 19.4. The van der Waals surface area contributed by atoms with Crippen molar-refractivity contribution in [3.63, 3.8) is 0 Å². The molecule has 0 amide bonds. The summed E-state index contributed by atoms with van der Waals surface area (Å²) in [6, 6.07) is 2.69. The highest BCUT2D eigenvalue weighted by Crippen LogP contribution is 2.12. The number of nitrogens with one attached hydrogen (secondary N) is 1. The van der Waals surface area contributed by atoms with E-state index in [1.165, 1.54) is 0 Å². The highest BCUT2D eigenvalue weighted by Gasteiger charge is 2.26. The fourth-order valence-corrected chi connectivity index (χ4v) is 1.28. The van der Waals surface area contributed by atoms with Gasteiger partial charge in [-0.05, 0) is 11.6 Å². The highest BCUT2D eigenvalue weighted by molar-refractivity contribution is 5.82. The molecule has 0 saturated carbocycles. The second-order valence-electron chi connectivity index (χ2n) is 3.67. The fourth-order valence-electron chi connectivity index (χ4n) is 1.28. The van der Waals surface area contributed by atoms with Gasteiger partial charge in [0.15, 0.2) is 5.78 Å². The van der Waals surface area contributed by atoms with Gasteiger partial charge >= 0.3 is 6.18 Å². The van der Waals surface area contributed by atoms with Crippen LogP contribution < -0.4 is 5.32 Å². The molecule has 0 aromatic heterocycles. The van der Waals surface area contributed by atoms with E-state index >= 15 is 0 Å². The summed E-state index contributed by atoms with van der Waals surface area (Å²) in [5.41, 5.74) is -0.0461. The third-order valence-electron chi connectivity index (χ3n) is 2.05. The van der Waals surface area contributed by atoms with Gasteiger partial charge in [0.2, 0.25) is 0 Å². The number of carbonyl (C=O) groups is 1. The van der Waals surface area contributed by atoms with Gasteiger partial charge in [-0.25, -0.2) is 8.78 Å². The summed E-state index contributed by atoms with van der Waals surface area (Å²) in [5.74, 6) is -2.28. The van der Waals surface area contributed by atoms with Crippen LogP contribution in [0, 0.1) is 11.6 Å². The summed E-state index contributed by atoms with van der Waals surface area (Å²) >= 11 is 0. The minimum Gasteiger partial charge on any atom is -0.302 e. The summed E-state index contributed by atoms with van der Waals surface area (Å²) in [4.78, 5) is 11.2. The first kappa shape index (κ1) is 14.6. The fraction of sp³-hybridized carbons (Fsp3) is 0.364. The molecule has 0 unspecified atom stereocenters. The summed E-state index contributed by atoms with van der Waals surface area (Å²) in [7, 11) is 0. The van der Waals surface area contributed by atoms with Crippen molar-refractivity contribution in [1.82, 2.24) is 5.32 Å². The van der Waals surface area contributed by atoms with Gasteiger partial charge in [-0.2, -0.15) is 13.2 Å². The van der Waals surface area contributed by atoms with Gasteiger partial charge in [0.05, 0.1) is 13.1 Å². The van der Waals surface area contributed by atoms with Crippen LogP contribution in [0.2, 0.25) is 0 Å². The van der Waals surface area contributed by atoms with Crippen molar-refractivity contribution in [2.24, 2.45) is 0 Å². The summed E-state index contributed by atoms with van der Waals surface area (Å²) < 4.78 is 61.0. The number of carbonyl (C=O) groups excluding carboxylic acids is 1. The third-order valence-corrected chi connectivity index (χ3v) is 2.05. The number of ketones is 1. The van der Waals surface area contributed by atoms with Crippen molar-refractivity contribution in [2.45, 2.75) is 12.6 Å². The maximum absolute atomic E-state index is 13.1. The maximum Gasteiger partial charge on any atom is 0.401 e. The molecule has 0 bridgehead atoms. The predicted molar refractivity (Wildman–Crippen MR) is 54.0 cm³/mol. The molecule has 1 aromatic rings. The largest absolute Gasteiger partial charge is 0.401 e. The maximum atomic E-state index is 13.1. The van der Waals surface area contributed by atoms with Gasteiger partial charge < -0.3 is 5.32 Å². The Morgan fingerprint density at radius 3 is 2.44 bits per heavy atom. The molecule has 0 atom stereocenters. The van der Waals surface area contributed by atoms with E-state index in [0.29, 0.717) is 6.07 Å². The Bertz CT molecular complexity index is 430. The van der Waals surface area contributed by atoms with Crippen LogP contribution in [-0.4, -0.2) is 25.0 Å². The number of benzene rings is 1. The number of halogens is 5. The number of hydrogen-bond donors (Lipinski definition) is 1. The van der Waals surface area contributed by atoms with E-state index in [9.17, 15) is 26.7 Å². The van der Waals surface area contributed by atoms with Crippen LogP contribution in [0.3, 0.4) is 0 Å². The van der Waals surface area contributed by atoms with Gasteiger partial charge in [0.1, 0.15) is 11.6 Å². The molecular formula is C11H10F5NO. The molecule has 1 N–H and O–H groups in total. The standard InChI is InChI=1S/C11H10F5NO/c12-8-2-1-7(10(13)4-8)3-9(18)5-17-6-11(14,15)16/h1-2,4,17H,3,5-6H2. The first-order valence-electron chi connectivity index (χ1n) is 5.01. The van der Waals surface area contributed by atoms with Crippen LogP contribution in [0.1, 0.15) is 5.56 Å². The summed E-state index contributed by atoms with van der Waals surface area (Å²) in [6.45, 7) is -1.80. The molecule has 2 nitrogen and oxygen atoms in total. The van der Waals surface area contributed by atoms with E-state index in [0.717, 1.165) is 12.1 Å². The minimum absolute atomic E-state index is 0.0461. The van der Waals surface area contributed by atoms with E-state index in [1.54, 1.807) is 0 Å². The summed E-state index contributed by atoms with van der Waals surface area (Å²) in [6.07, 6.45) is -4.78. The Hall–Kier alpha value is -1.50. The SMILES string of the molecule is O=C(CNCC(F)(F)F)Cc1ccc(F)cc1F. The topological polar surface area (TPSA) is 29.1 Å². The second kappa shape index (κ2) is 5.90. The van der Waals surface area contributed by atoms with E-state index in [1.807, 2.05) is 5.32 Å². The van der Waals surface area contributed by atoms with Crippen LogP contribution in [-0.2, 0) is 11.2 Å². The van der Waals surface area contributed by atoms with E-state index < -0.39 is 36.7 Å². The molecule has 0 saturated heterocycles. The number of hydrogen-bond acceptors (Lipinski definition) is 2. The molecule has 7 heteroatoms. The normalized spacial score (nSPS) is 11.6. The minimum atomic E-state index is -4.40. The van der Waals surface area contributed by atoms with Gasteiger partial charge in [-0.15, -0.1) is 0 Å². The van der Waals surface area contributed by atoms with E-state index in [4.69, 9.17) is 0 Å². The lowest BCUT2D eigenvalue weighted by molar-refractivity contribution is -0.127. The zero-order valence-corrected chi connectivity index (χ0v) is 9.15. The molecule has 0 aliphatic heterocycles. The lowest BCUT2D eigenvalue weighted by Gasteiger charge is -2.07. The molecule has 0 spiro atoms. The lowest BCUT2D eigenvalue weighted by Crippen LogP contribution is -2.33. The van der Waals surface area contributed by atoms with E-state index in [2.05, 4.69) is 0 Å². The number of alkyl halides is 3. The van der Waals surface area contributed by atoms with Gasteiger partial charge in [0.25, 0.3) is 0 Å². The van der Waals surface area contributed by atoms with Gasteiger partial charge in [0, 0.05) is 12.5 Å². The molecule has 18 heavy (non-hydrogen) atoms. The summed E-state index contributed by atoms with van der Waals surface area (Å²) in [5, 5.41) is 1.91. The molecule has 1 aromatic carbocycles. The van der Waals surface area contributed by atoms with Crippen molar-refractivity contribution in [3.05, 3.63) is 35.4 Å². The Labute approximate surface area is 99.8 Å². The van der Waals surface area contributed by atoms with Crippen LogP contribution in [0.15, 0.2) is 18.2 Å². The zero-order valence-electron chi connectivity index (χ0n) is 9.15. The first-order chi connectivity index (χ1) is 8.28. The molecular weight excluding hydrogens is 257 g/mol. The van der Waals surface area contributed by atoms with Crippen molar-refractivity contribution < 1.29 is 26.7 Å². The third kappa shape index (κ3) is 5.22. The second-order valence-corrected chi connectivity index (χ2v) is 3.67. The van der Waals surface area contributed by atoms with Crippen molar-refractivity contribution in [3.8, 4) is 0 Å². The zero-order chi connectivity index (χ0) is 13.8. The Kier molecular flexibility index (Phi) is 4.77. The van der Waals surface area contributed by atoms with Gasteiger partial charge in [-0.1, -0.05) is 6.07 Å². The average Bonchev–Trinajstić information content (AvgIpc) is 2.20. The van der Waals surface area contributed by atoms with Gasteiger partial charge in [-0.3, -0.25) is 4.79 Å². The molecule has 0 aliphatic carbocycles. The van der Waals surface area contributed by atoms with Crippen LogP contribution in [0.5, 0.6) is 0 Å². The van der Waals surface area contributed by atoms with Crippen LogP contribution in [0.25, 0.3) is 0 Å². The monoisotopic (exact) mass is 267 g/mol. The predicted octanol–water partition coefficient (Wildman–Crippen LogP) is 2.23. The lowest BCUT2D eigenvalue weighted by atomic mass is 10.1. The quantitative estimate of drug-likeness (QED) is 0.829. The number of Topliss-reactive ketones (excluding diaryl/α,β-unsaturated/α-hetero) is 1. The molecule has 100 valence electrons. The smallest absolute Gasteiger partial charge is 0.302 e. The number of rotatable bonds is 5. The Morgan fingerprint density at radius 1 is 1.22 bits per heavy atom. The molecule has 0 heterocycles.